The van der Waals surface area contributed by atoms with Gasteiger partial charge in [0.1, 0.15) is 0 Å². The highest BCUT2D eigenvalue weighted by Gasteiger charge is 2.52. The smallest absolute Gasteiger partial charge is 0.349 e. The molecule has 1 atom stereocenters. The lowest BCUT2D eigenvalue weighted by molar-refractivity contribution is -0.171. The minimum absolute atomic E-state index is 0.145. The van der Waals surface area contributed by atoms with Crippen LogP contribution in [0, 0.1) is 11.8 Å². The molecule has 0 saturated heterocycles. The van der Waals surface area contributed by atoms with Gasteiger partial charge >= 0.3 is 6.18 Å². The molecule has 0 aliphatic rings. The zero-order valence-corrected chi connectivity index (χ0v) is 15.2. The van der Waals surface area contributed by atoms with E-state index in [0.717, 1.165) is 0 Å². The Bertz CT molecular complexity index is 773. The number of ether oxygens (including phenoxy) is 2. The van der Waals surface area contributed by atoms with E-state index in [2.05, 4.69) is 11.8 Å². The molecule has 1 unspecified atom stereocenters. The standard InChI is InChI=1S/C21H22F3NO2/c1-3-26-19(27-4-2)17-10-12-18(13-11-17)20(25,21(22,23)24)15-14-16-8-6-5-7-9-16/h5-13,19H,3-4,25H2,1-2H3. The third-order valence-electron chi connectivity index (χ3n) is 3.90. The van der Waals surface area contributed by atoms with Crippen molar-refractivity contribution in [3.63, 3.8) is 0 Å². The van der Waals surface area contributed by atoms with E-state index in [9.17, 15) is 13.2 Å². The van der Waals surface area contributed by atoms with Crippen molar-refractivity contribution in [2.24, 2.45) is 5.73 Å². The van der Waals surface area contributed by atoms with Crippen molar-refractivity contribution in [1.29, 1.82) is 0 Å². The number of hydrogen-bond acceptors (Lipinski definition) is 3. The van der Waals surface area contributed by atoms with Crippen molar-refractivity contribution in [3.05, 3.63) is 71.3 Å². The van der Waals surface area contributed by atoms with Gasteiger partial charge in [-0.1, -0.05) is 54.3 Å². The van der Waals surface area contributed by atoms with Crippen LogP contribution in [0.3, 0.4) is 0 Å². The minimum atomic E-state index is -4.74. The summed E-state index contributed by atoms with van der Waals surface area (Å²) in [5.74, 6) is 4.73. The lowest BCUT2D eigenvalue weighted by Gasteiger charge is -2.27. The van der Waals surface area contributed by atoms with Gasteiger partial charge in [-0.2, -0.15) is 13.2 Å². The van der Waals surface area contributed by atoms with Crippen LogP contribution in [0.15, 0.2) is 54.6 Å². The quantitative estimate of drug-likeness (QED) is 0.594. The molecule has 6 heteroatoms. The van der Waals surface area contributed by atoms with E-state index in [0.29, 0.717) is 24.3 Å². The van der Waals surface area contributed by atoms with Gasteiger partial charge in [0.05, 0.1) is 0 Å². The Labute approximate surface area is 157 Å². The molecule has 0 bridgehead atoms. The Balaban J connectivity index is 2.39. The van der Waals surface area contributed by atoms with E-state index in [1.54, 1.807) is 30.3 Å². The van der Waals surface area contributed by atoms with Crippen molar-refractivity contribution in [3.8, 4) is 11.8 Å². The normalized spacial score (nSPS) is 13.7. The average Bonchev–Trinajstić information content (AvgIpc) is 2.66. The Morgan fingerprint density at radius 1 is 0.926 bits per heavy atom. The molecule has 0 fully saturated rings. The first kappa shape index (κ1) is 21.0. The molecule has 2 aromatic rings. The Hall–Kier alpha value is -2.33. The molecule has 0 aliphatic heterocycles. The molecule has 0 spiro atoms. The fraction of sp³-hybridized carbons (Fsp3) is 0.333. The summed E-state index contributed by atoms with van der Waals surface area (Å²) >= 11 is 0. The molecule has 0 saturated carbocycles. The fourth-order valence-corrected chi connectivity index (χ4v) is 2.45. The van der Waals surface area contributed by atoms with Crippen molar-refractivity contribution >= 4 is 0 Å². The summed E-state index contributed by atoms with van der Waals surface area (Å²) in [6.45, 7) is 4.46. The average molecular weight is 377 g/mol. The summed E-state index contributed by atoms with van der Waals surface area (Å²) in [6.07, 6.45) is -5.38. The van der Waals surface area contributed by atoms with Crippen molar-refractivity contribution in [2.75, 3.05) is 13.2 Å². The summed E-state index contributed by atoms with van der Waals surface area (Å²) < 4.78 is 52.1. The highest BCUT2D eigenvalue weighted by molar-refractivity contribution is 5.43. The van der Waals surface area contributed by atoms with Crippen molar-refractivity contribution < 1.29 is 22.6 Å². The Morgan fingerprint density at radius 2 is 1.48 bits per heavy atom. The number of hydrogen-bond donors (Lipinski definition) is 1. The van der Waals surface area contributed by atoms with Gasteiger partial charge in [0.2, 0.25) is 0 Å². The van der Waals surface area contributed by atoms with Gasteiger partial charge in [0.15, 0.2) is 11.8 Å². The number of rotatable bonds is 6. The summed E-state index contributed by atoms with van der Waals surface area (Å²) in [6, 6.07) is 14.1. The van der Waals surface area contributed by atoms with E-state index in [-0.39, 0.29) is 5.56 Å². The van der Waals surface area contributed by atoms with Crippen LogP contribution in [0.25, 0.3) is 0 Å². The molecule has 0 aliphatic carbocycles. The zero-order valence-electron chi connectivity index (χ0n) is 15.2. The number of alkyl halides is 3. The van der Waals surface area contributed by atoms with Gasteiger partial charge in [-0.05, 0) is 31.5 Å². The van der Waals surface area contributed by atoms with Crippen molar-refractivity contribution in [1.82, 2.24) is 0 Å². The number of benzene rings is 2. The van der Waals surface area contributed by atoms with E-state index in [1.807, 2.05) is 13.8 Å². The molecule has 0 aromatic heterocycles. The van der Waals surface area contributed by atoms with Crippen LogP contribution in [-0.4, -0.2) is 19.4 Å². The van der Waals surface area contributed by atoms with Crippen LogP contribution in [0.2, 0.25) is 0 Å². The maximum atomic E-state index is 13.7. The fourth-order valence-electron chi connectivity index (χ4n) is 2.45. The van der Waals surface area contributed by atoms with Crippen LogP contribution in [0.1, 0.15) is 36.8 Å². The monoisotopic (exact) mass is 377 g/mol. The lowest BCUT2D eigenvalue weighted by Crippen LogP contribution is -2.49. The molecule has 2 rings (SSSR count). The van der Waals surface area contributed by atoms with E-state index >= 15 is 0 Å². The van der Waals surface area contributed by atoms with Gasteiger partial charge in [-0.25, -0.2) is 0 Å². The van der Waals surface area contributed by atoms with E-state index in [4.69, 9.17) is 15.2 Å². The molecule has 3 nitrogen and oxygen atoms in total. The van der Waals surface area contributed by atoms with Crippen molar-refractivity contribution in [2.45, 2.75) is 31.9 Å². The van der Waals surface area contributed by atoms with Gasteiger partial charge in [-0.3, -0.25) is 0 Å². The Kier molecular flexibility index (Phi) is 7.03. The first-order valence-electron chi connectivity index (χ1n) is 8.59. The molecular weight excluding hydrogens is 355 g/mol. The summed E-state index contributed by atoms with van der Waals surface area (Å²) in [4.78, 5) is 0. The first-order chi connectivity index (χ1) is 12.8. The van der Waals surface area contributed by atoms with Gasteiger partial charge in [0, 0.05) is 24.3 Å². The third kappa shape index (κ3) is 5.10. The molecule has 2 N–H and O–H groups in total. The van der Waals surface area contributed by atoms with Gasteiger partial charge in [-0.15, -0.1) is 0 Å². The maximum absolute atomic E-state index is 13.7. The predicted octanol–water partition coefficient (Wildman–Crippen LogP) is 4.53. The zero-order chi connectivity index (χ0) is 19.9. The predicted molar refractivity (Wildman–Crippen MR) is 97.7 cm³/mol. The second-order valence-electron chi connectivity index (χ2n) is 5.79. The molecule has 0 heterocycles. The van der Waals surface area contributed by atoms with E-state index < -0.39 is 18.0 Å². The van der Waals surface area contributed by atoms with Crippen LogP contribution in [-0.2, 0) is 15.0 Å². The van der Waals surface area contributed by atoms with Crippen LogP contribution in [0.5, 0.6) is 0 Å². The van der Waals surface area contributed by atoms with Gasteiger partial charge < -0.3 is 15.2 Å². The summed E-state index contributed by atoms with van der Waals surface area (Å²) in [7, 11) is 0. The molecule has 0 radical (unpaired) electrons. The van der Waals surface area contributed by atoms with Crippen LogP contribution < -0.4 is 5.73 Å². The molecule has 144 valence electrons. The summed E-state index contributed by atoms with van der Waals surface area (Å²) in [5, 5.41) is 0. The molecule has 27 heavy (non-hydrogen) atoms. The molecule has 0 amide bonds. The third-order valence-corrected chi connectivity index (χ3v) is 3.90. The minimum Gasteiger partial charge on any atom is -0.349 e. The summed E-state index contributed by atoms with van der Waals surface area (Å²) in [5.41, 5.74) is 3.87. The highest BCUT2D eigenvalue weighted by atomic mass is 19.4. The number of halogens is 3. The van der Waals surface area contributed by atoms with Gasteiger partial charge in [0.25, 0.3) is 0 Å². The highest BCUT2D eigenvalue weighted by Crippen LogP contribution is 2.37. The van der Waals surface area contributed by atoms with Crippen LogP contribution in [0.4, 0.5) is 13.2 Å². The first-order valence-corrected chi connectivity index (χ1v) is 8.59. The second kappa shape index (κ2) is 9.05. The van der Waals surface area contributed by atoms with E-state index in [1.165, 1.54) is 24.3 Å². The largest absolute Gasteiger partial charge is 0.422 e. The lowest BCUT2D eigenvalue weighted by atomic mass is 9.89. The Morgan fingerprint density at radius 3 is 1.96 bits per heavy atom. The SMILES string of the molecule is CCOC(OCC)c1ccc(C(N)(C#Cc2ccccc2)C(F)(F)F)cc1. The molecule has 2 aromatic carbocycles. The molecular formula is C21H22F3NO2. The maximum Gasteiger partial charge on any atom is 0.422 e. The second-order valence-corrected chi connectivity index (χ2v) is 5.79. The topological polar surface area (TPSA) is 44.5 Å². The number of nitrogens with two attached hydrogens (primary N) is 1. The van der Waals surface area contributed by atoms with Crippen LogP contribution >= 0.6 is 0 Å².